The molecule has 0 aliphatic carbocycles. The van der Waals surface area contributed by atoms with Gasteiger partial charge in [-0.1, -0.05) is 0 Å². The number of anilines is 1. The molecule has 2 aromatic rings. The van der Waals surface area contributed by atoms with Gasteiger partial charge < -0.3 is 10.6 Å². The lowest BCUT2D eigenvalue weighted by molar-refractivity contribution is 0.0758. The maximum atomic E-state index is 12.5. The minimum atomic E-state index is -0.214. The fourth-order valence-corrected chi connectivity index (χ4v) is 2.91. The average Bonchev–Trinajstić information content (AvgIpc) is 2.81. The lowest BCUT2D eigenvalue weighted by Crippen LogP contribution is -2.34. The van der Waals surface area contributed by atoms with E-state index in [-0.39, 0.29) is 11.8 Å². The topological polar surface area (TPSA) is 95.9 Å². The van der Waals surface area contributed by atoms with Crippen LogP contribution in [0.3, 0.4) is 0 Å². The summed E-state index contributed by atoms with van der Waals surface area (Å²) in [6, 6.07) is 3.88. The second-order valence-electron chi connectivity index (χ2n) is 4.47. The number of rotatable bonds is 4. The molecule has 2 heterocycles. The largest absolute Gasteiger partial charge is 0.397 e. The highest BCUT2D eigenvalue weighted by Gasteiger charge is 2.22. The fourth-order valence-electron chi connectivity index (χ4n) is 1.90. The Hall–Kier alpha value is -2.20. The van der Waals surface area contributed by atoms with Crippen molar-refractivity contribution >= 4 is 33.1 Å². The van der Waals surface area contributed by atoms with Crippen molar-refractivity contribution in [2.45, 2.75) is 13.8 Å². The van der Waals surface area contributed by atoms with Crippen molar-refractivity contribution in [3.8, 4) is 6.07 Å². The van der Waals surface area contributed by atoms with Crippen LogP contribution in [0.5, 0.6) is 0 Å². The number of amides is 1. The Morgan fingerprint density at radius 1 is 1.65 bits per heavy atom. The van der Waals surface area contributed by atoms with Crippen LogP contribution >= 0.6 is 11.3 Å². The number of nitrogens with two attached hydrogens (primary N) is 1. The Bertz CT molecular complexity index is 675. The summed E-state index contributed by atoms with van der Waals surface area (Å²) in [5.74, 6) is -0.371. The summed E-state index contributed by atoms with van der Waals surface area (Å²) < 4.78 is 0. The van der Waals surface area contributed by atoms with Gasteiger partial charge in [-0.15, -0.1) is 16.4 Å². The number of carbonyl (C=O) groups excluding carboxylic acids is 1. The lowest BCUT2D eigenvalue weighted by atomic mass is 10.2. The van der Waals surface area contributed by atoms with Crippen LogP contribution in [0, 0.1) is 17.2 Å². The van der Waals surface area contributed by atoms with Crippen molar-refractivity contribution in [3.63, 3.8) is 0 Å². The molecule has 0 aromatic carbocycles. The summed E-state index contributed by atoms with van der Waals surface area (Å²) in [6.45, 7) is 4.59. The molecule has 1 unspecified atom stereocenters. The molecule has 0 spiro atoms. The Morgan fingerprint density at radius 3 is 3.00 bits per heavy atom. The Balaban J connectivity index is 2.35. The van der Waals surface area contributed by atoms with Gasteiger partial charge >= 0.3 is 0 Å². The van der Waals surface area contributed by atoms with Crippen LogP contribution in [-0.2, 0) is 0 Å². The molecular formula is C13H15N5OS. The van der Waals surface area contributed by atoms with Gasteiger partial charge in [0.05, 0.1) is 23.9 Å². The summed E-state index contributed by atoms with van der Waals surface area (Å²) in [5, 5.41) is 17.4. The van der Waals surface area contributed by atoms with Gasteiger partial charge in [-0.25, -0.2) is 0 Å². The van der Waals surface area contributed by atoms with Crippen molar-refractivity contribution in [3.05, 3.63) is 17.1 Å². The first-order valence-electron chi connectivity index (χ1n) is 6.27. The van der Waals surface area contributed by atoms with E-state index in [9.17, 15) is 4.79 Å². The third-order valence-electron chi connectivity index (χ3n) is 3.00. The van der Waals surface area contributed by atoms with Gasteiger partial charge in [0, 0.05) is 18.5 Å². The first-order chi connectivity index (χ1) is 9.58. The molecule has 104 valence electrons. The fraction of sp³-hybridized carbons (Fsp3) is 0.385. The monoisotopic (exact) mass is 289 g/mol. The molecule has 6 nitrogen and oxygen atoms in total. The number of aromatic nitrogens is 2. The molecule has 1 amide bonds. The molecule has 0 fully saturated rings. The van der Waals surface area contributed by atoms with Crippen LogP contribution in [0.2, 0.25) is 0 Å². The minimum Gasteiger partial charge on any atom is -0.397 e. The molecule has 0 aliphatic rings. The van der Waals surface area contributed by atoms with E-state index in [0.29, 0.717) is 28.5 Å². The summed E-state index contributed by atoms with van der Waals surface area (Å²) in [4.78, 5) is 15.3. The lowest BCUT2D eigenvalue weighted by Gasteiger charge is -2.21. The third-order valence-corrected chi connectivity index (χ3v) is 4.09. The molecule has 7 heteroatoms. The van der Waals surface area contributed by atoms with E-state index in [1.165, 1.54) is 11.3 Å². The van der Waals surface area contributed by atoms with E-state index in [1.54, 1.807) is 24.1 Å². The van der Waals surface area contributed by atoms with Crippen LogP contribution in [0.1, 0.15) is 23.5 Å². The number of nitriles is 1. The van der Waals surface area contributed by atoms with E-state index in [4.69, 9.17) is 11.0 Å². The number of carbonyl (C=O) groups is 1. The van der Waals surface area contributed by atoms with Crippen molar-refractivity contribution < 1.29 is 4.79 Å². The maximum absolute atomic E-state index is 12.5. The van der Waals surface area contributed by atoms with Gasteiger partial charge in [0.2, 0.25) is 0 Å². The molecule has 1 atom stereocenters. The number of hydrogen-bond acceptors (Lipinski definition) is 6. The van der Waals surface area contributed by atoms with Crippen LogP contribution in [0.4, 0.5) is 5.69 Å². The van der Waals surface area contributed by atoms with Crippen molar-refractivity contribution in [2.75, 3.05) is 18.8 Å². The average molecular weight is 289 g/mol. The van der Waals surface area contributed by atoms with E-state index < -0.39 is 0 Å². The molecule has 0 bridgehead atoms. The first-order valence-corrected chi connectivity index (χ1v) is 7.08. The number of nitrogens with zero attached hydrogens (tertiary/aromatic N) is 4. The third kappa shape index (κ3) is 2.56. The molecule has 2 aromatic heterocycles. The van der Waals surface area contributed by atoms with Gasteiger partial charge in [0.15, 0.2) is 0 Å². The van der Waals surface area contributed by atoms with E-state index >= 15 is 0 Å². The van der Waals surface area contributed by atoms with Crippen LogP contribution in [-0.4, -0.2) is 34.1 Å². The predicted octanol–water partition coefficient (Wildman–Crippen LogP) is 1.90. The number of thiophene rings is 1. The Morgan fingerprint density at radius 2 is 2.40 bits per heavy atom. The van der Waals surface area contributed by atoms with E-state index in [1.807, 2.05) is 6.92 Å². The van der Waals surface area contributed by atoms with Crippen LogP contribution < -0.4 is 5.73 Å². The SMILES string of the molecule is CCN(CC(C)C#N)C(=O)c1sc2nnccc2c1N. The highest BCUT2D eigenvalue weighted by Crippen LogP contribution is 2.32. The van der Waals surface area contributed by atoms with E-state index in [0.717, 1.165) is 5.39 Å². The quantitative estimate of drug-likeness (QED) is 0.927. The predicted molar refractivity (Wildman–Crippen MR) is 78.2 cm³/mol. The highest BCUT2D eigenvalue weighted by atomic mass is 32.1. The number of hydrogen-bond donors (Lipinski definition) is 1. The second-order valence-corrected chi connectivity index (χ2v) is 5.47. The second kappa shape index (κ2) is 5.84. The summed E-state index contributed by atoms with van der Waals surface area (Å²) in [7, 11) is 0. The van der Waals surface area contributed by atoms with Gasteiger partial charge in [0.1, 0.15) is 9.71 Å². The summed E-state index contributed by atoms with van der Waals surface area (Å²) in [6.07, 6.45) is 1.55. The first kappa shape index (κ1) is 14.2. The summed E-state index contributed by atoms with van der Waals surface area (Å²) in [5.41, 5.74) is 6.46. The molecule has 2 N–H and O–H groups in total. The van der Waals surface area contributed by atoms with Crippen molar-refractivity contribution in [1.29, 1.82) is 5.26 Å². The molecule has 2 rings (SSSR count). The molecule has 0 saturated heterocycles. The maximum Gasteiger partial charge on any atom is 0.266 e. The number of fused-ring (bicyclic) bond motifs is 1. The van der Waals surface area contributed by atoms with Gasteiger partial charge in [-0.3, -0.25) is 4.79 Å². The standard InChI is InChI=1S/C13H15N5OS/c1-3-18(7-8(2)6-14)13(19)11-10(15)9-4-5-16-17-12(9)20-11/h4-5,8H,3,7,15H2,1-2H3. The van der Waals surface area contributed by atoms with Gasteiger partial charge in [-0.05, 0) is 19.9 Å². The summed E-state index contributed by atoms with van der Waals surface area (Å²) >= 11 is 1.24. The smallest absolute Gasteiger partial charge is 0.266 e. The van der Waals surface area contributed by atoms with Crippen LogP contribution in [0.15, 0.2) is 12.3 Å². The normalized spacial score (nSPS) is 12.1. The molecule has 0 saturated carbocycles. The zero-order chi connectivity index (χ0) is 14.7. The Kier molecular flexibility index (Phi) is 4.15. The zero-order valence-corrected chi connectivity index (χ0v) is 12.1. The van der Waals surface area contributed by atoms with Crippen molar-refractivity contribution in [2.24, 2.45) is 5.92 Å². The molecule has 0 aliphatic heterocycles. The highest BCUT2D eigenvalue weighted by molar-refractivity contribution is 7.21. The zero-order valence-electron chi connectivity index (χ0n) is 11.3. The molecule has 0 radical (unpaired) electrons. The number of nitrogen functional groups attached to an aromatic ring is 1. The van der Waals surface area contributed by atoms with Crippen LogP contribution in [0.25, 0.3) is 10.2 Å². The van der Waals surface area contributed by atoms with E-state index in [2.05, 4.69) is 16.3 Å². The van der Waals surface area contributed by atoms with Crippen molar-refractivity contribution in [1.82, 2.24) is 15.1 Å². The minimum absolute atomic E-state index is 0.157. The molecular weight excluding hydrogens is 274 g/mol. The van der Waals surface area contributed by atoms with Gasteiger partial charge in [-0.2, -0.15) is 10.4 Å². The molecule has 20 heavy (non-hydrogen) atoms. The Labute approximate surface area is 120 Å². The van der Waals surface area contributed by atoms with Gasteiger partial charge in [0.25, 0.3) is 5.91 Å².